The Kier molecular flexibility index (Phi) is 6.54. The van der Waals surface area contributed by atoms with Gasteiger partial charge in [-0.25, -0.2) is 12.4 Å². The van der Waals surface area contributed by atoms with E-state index in [4.69, 9.17) is 0 Å². The molecule has 37 heavy (non-hydrogen) atoms. The van der Waals surface area contributed by atoms with E-state index in [-0.39, 0.29) is 27.6 Å². The fourth-order valence-corrected chi connectivity index (χ4v) is 9.50. The Morgan fingerprint density at radius 2 is 1.73 bits per heavy atom. The summed E-state index contributed by atoms with van der Waals surface area (Å²) in [5.41, 5.74) is 2.53. The highest BCUT2D eigenvalue weighted by Crippen LogP contribution is 2.62. The van der Waals surface area contributed by atoms with E-state index in [1.807, 2.05) is 49.4 Å². The average molecular weight is 522 g/mol. The largest absolute Gasteiger partial charge is 0.481 e. The predicted octanol–water partition coefficient (Wildman–Crippen LogP) is 7.06. The van der Waals surface area contributed by atoms with Gasteiger partial charge in [-0.15, -0.1) is 0 Å². The van der Waals surface area contributed by atoms with Gasteiger partial charge in [0, 0.05) is 11.1 Å². The van der Waals surface area contributed by atoms with Crippen molar-refractivity contribution in [3.05, 3.63) is 65.9 Å². The van der Waals surface area contributed by atoms with E-state index < -0.39 is 16.0 Å². The Bertz CT molecular complexity index is 1420. The van der Waals surface area contributed by atoms with Crippen LogP contribution in [-0.2, 0) is 21.2 Å². The lowest BCUT2D eigenvalue weighted by atomic mass is 9.46. The topological polar surface area (TPSA) is 76.4 Å². The zero-order valence-corrected chi connectivity index (χ0v) is 23.2. The van der Waals surface area contributed by atoms with E-state index >= 15 is 0 Å². The molecule has 2 saturated carbocycles. The first kappa shape index (κ1) is 26.0. The lowest BCUT2D eigenvalue weighted by Crippen LogP contribution is -2.53. The van der Waals surface area contributed by atoms with Crippen molar-refractivity contribution in [2.24, 2.45) is 28.6 Å². The van der Waals surface area contributed by atoms with Crippen LogP contribution in [0.2, 0.25) is 0 Å². The number of carboxylic acid groups (broad SMARTS) is 1. The van der Waals surface area contributed by atoms with Crippen LogP contribution in [0.3, 0.4) is 0 Å². The standard InChI is InChI=1S/C31H39NO4S/c1-21-10-13-24(14-11-21)37(35,36)32-23(20-22-8-5-6-9-27(22)32)12-16-26-25(29(33)34)15-17-28-30(2,3)18-7-19-31(26,28)4/h5-6,8-11,13-14,20,25-26,28H,7,12,15-19H2,1-4H3,(H,33,34)/t25-,26-,28-,31+/m0/s1. The van der Waals surface area contributed by atoms with Crippen molar-refractivity contribution in [3.8, 4) is 0 Å². The molecule has 0 bridgehead atoms. The van der Waals surface area contributed by atoms with Gasteiger partial charge < -0.3 is 5.11 Å². The number of rotatable bonds is 6. The maximum Gasteiger partial charge on any atom is 0.306 e. The smallest absolute Gasteiger partial charge is 0.306 e. The summed E-state index contributed by atoms with van der Waals surface area (Å²) in [7, 11) is -3.81. The van der Waals surface area contributed by atoms with Gasteiger partial charge >= 0.3 is 5.97 Å². The zero-order chi connectivity index (χ0) is 26.6. The molecule has 0 aliphatic heterocycles. The van der Waals surface area contributed by atoms with Crippen LogP contribution >= 0.6 is 0 Å². The summed E-state index contributed by atoms with van der Waals surface area (Å²) in [5, 5.41) is 11.1. The number of hydrogen-bond donors (Lipinski definition) is 1. The molecular formula is C31H39NO4S. The molecule has 3 aromatic rings. The fourth-order valence-electron chi connectivity index (χ4n) is 7.93. The molecule has 0 saturated heterocycles. The molecule has 1 aromatic heterocycles. The second-order valence-corrected chi connectivity index (χ2v) is 14.1. The van der Waals surface area contributed by atoms with Gasteiger partial charge in [-0.05, 0) is 92.4 Å². The third-order valence-electron chi connectivity index (χ3n) is 9.70. The van der Waals surface area contributed by atoms with E-state index in [0.717, 1.165) is 35.9 Å². The summed E-state index contributed by atoms with van der Waals surface area (Å²) in [6.07, 6.45) is 6.19. The van der Waals surface area contributed by atoms with Crippen LogP contribution in [0.1, 0.15) is 70.6 Å². The highest BCUT2D eigenvalue weighted by atomic mass is 32.2. The number of hydrogen-bond acceptors (Lipinski definition) is 3. The quantitative estimate of drug-likeness (QED) is 0.377. The van der Waals surface area contributed by atoms with Crippen molar-refractivity contribution >= 4 is 26.9 Å². The lowest BCUT2D eigenvalue weighted by Gasteiger charge is -2.59. The van der Waals surface area contributed by atoms with E-state index in [1.165, 1.54) is 10.4 Å². The molecule has 1 N–H and O–H groups in total. The van der Waals surface area contributed by atoms with Crippen LogP contribution < -0.4 is 0 Å². The number of nitrogens with zero attached hydrogens (tertiary/aromatic N) is 1. The number of benzene rings is 2. The maximum atomic E-state index is 13.9. The monoisotopic (exact) mass is 521 g/mol. The number of para-hydroxylation sites is 1. The van der Waals surface area contributed by atoms with Gasteiger partial charge in [0.2, 0.25) is 0 Å². The maximum absolute atomic E-state index is 13.9. The summed E-state index contributed by atoms with van der Waals surface area (Å²) in [6, 6.07) is 16.5. The first-order valence-corrected chi connectivity index (χ1v) is 15.0. The van der Waals surface area contributed by atoms with Gasteiger partial charge in [0.15, 0.2) is 0 Å². The summed E-state index contributed by atoms with van der Waals surface area (Å²) < 4.78 is 29.3. The molecule has 6 heteroatoms. The highest BCUT2D eigenvalue weighted by Gasteiger charge is 2.55. The number of fused-ring (bicyclic) bond motifs is 2. The van der Waals surface area contributed by atoms with Gasteiger partial charge in [0.1, 0.15) is 0 Å². The Balaban J connectivity index is 1.55. The van der Waals surface area contributed by atoms with Crippen LogP contribution in [0.15, 0.2) is 59.5 Å². The minimum Gasteiger partial charge on any atom is -0.481 e. The van der Waals surface area contributed by atoms with Gasteiger partial charge in [-0.2, -0.15) is 0 Å². The first-order chi connectivity index (χ1) is 17.4. The Morgan fingerprint density at radius 3 is 2.43 bits per heavy atom. The Morgan fingerprint density at radius 1 is 1.03 bits per heavy atom. The summed E-state index contributed by atoms with van der Waals surface area (Å²) in [4.78, 5) is 12.7. The second kappa shape index (κ2) is 9.30. The van der Waals surface area contributed by atoms with Gasteiger partial charge in [-0.1, -0.05) is 63.1 Å². The number of aromatic nitrogens is 1. The lowest BCUT2D eigenvalue weighted by molar-refractivity contribution is -0.158. The SMILES string of the molecule is Cc1ccc(S(=O)(=O)n2c(CC[C@H]3[C@@H](C(=O)O)CC[C@H]4C(C)(C)CCC[C@]34C)cc3ccccc32)cc1. The Hall–Kier alpha value is -2.60. The normalized spacial score (nSPS) is 27.6. The molecule has 4 atom stereocenters. The van der Waals surface area contributed by atoms with Crippen molar-refractivity contribution in [1.29, 1.82) is 0 Å². The minimum atomic E-state index is -3.81. The molecule has 0 unspecified atom stereocenters. The highest BCUT2D eigenvalue weighted by molar-refractivity contribution is 7.90. The molecule has 2 aliphatic carbocycles. The van der Waals surface area contributed by atoms with Crippen molar-refractivity contribution in [2.75, 3.05) is 0 Å². The molecule has 0 amide bonds. The number of carbonyl (C=O) groups is 1. The molecule has 0 radical (unpaired) electrons. The van der Waals surface area contributed by atoms with E-state index in [2.05, 4.69) is 20.8 Å². The molecular weight excluding hydrogens is 482 g/mol. The summed E-state index contributed by atoms with van der Waals surface area (Å²) in [5.74, 6) is -0.601. The van der Waals surface area contributed by atoms with Crippen LogP contribution in [0.5, 0.6) is 0 Å². The minimum absolute atomic E-state index is 0.0110. The fraction of sp³-hybridized carbons (Fsp3) is 0.516. The van der Waals surface area contributed by atoms with E-state index in [1.54, 1.807) is 12.1 Å². The zero-order valence-electron chi connectivity index (χ0n) is 22.4. The van der Waals surface area contributed by atoms with Gasteiger partial charge in [0.25, 0.3) is 10.0 Å². The van der Waals surface area contributed by atoms with Crippen LogP contribution in [0.4, 0.5) is 0 Å². The van der Waals surface area contributed by atoms with Crippen molar-refractivity contribution in [3.63, 3.8) is 0 Å². The molecule has 2 aliphatic rings. The van der Waals surface area contributed by atoms with Crippen LogP contribution in [0, 0.1) is 35.5 Å². The third kappa shape index (κ3) is 4.41. The molecule has 1 heterocycles. The number of carboxylic acids is 1. The Labute approximate surface area is 220 Å². The first-order valence-electron chi connectivity index (χ1n) is 13.6. The summed E-state index contributed by atoms with van der Waals surface area (Å²) >= 11 is 0. The van der Waals surface area contributed by atoms with Crippen molar-refractivity contribution < 1.29 is 18.3 Å². The molecule has 2 fully saturated rings. The molecule has 0 spiro atoms. The van der Waals surface area contributed by atoms with Crippen LogP contribution in [-0.4, -0.2) is 23.5 Å². The van der Waals surface area contributed by atoms with Crippen LogP contribution in [0.25, 0.3) is 10.9 Å². The molecule has 198 valence electrons. The molecule has 5 nitrogen and oxygen atoms in total. The van der Waals surface area contributed by atoms with Crippen molar-refractivity contribution in [2.45, 2.75) is 77.5 Å². The predicted molar refractivity (Wildman–Crippen MR) is 147 cm³/mol. The number of aryl methyl sites for hydroxylation is 2. The average Bonchev–Trinajstić information content (AvgIpc) is 3.21. The molecule has 2 aromatic carbocycles. The van der Waals surface area contributed by atoms with E-state index in [0.29, 0.717) is 30.7 Å². The molecule has 5 rings (SSSR count). The number of aliphatic carboxylic acids is 1. The van der Waals surface area contributed by atoms with Gasteiger partial charge in [-0.3, -0.25) is 4.79 Å². The second-order valence-electron chi connectivity index (χ2n) is 12.3. The van der Waals surface area contributed by atoms with Gasteiger partial charge in [0.05, 0.1) is 16.3 Å². The van der Waals surface area contributed by atoms with E-state index in [9.17, 15) is 18.3 Å². The van der Waals surface area contributed by atoms with Crippen molar-refractivity contribution in [1.82, 2.24) is 3.97 Å². The summed E-state index contributed by atoms with van der Waals surface area (Å²) in [6.45, 7) is 8.95. The third-order valence-corrected chi connectivity index (χ3v) is 11.5.